The summed E-state index contributed by atoms with van der Waals surface area (Å²) in [6.45, 7) is 3.80. The van der Waals surface area contributed by atoms with E-state index in [1.165, 1.54) is 5.69 Å². The Labute approximate surface area is 107 Å². The third kappa shape index (κ3) is 2.78. The van der Waals surface area contributed by atoms with Gasteiger partial charge in [0.2, 0.25) is 0 Å². The van der Waals surface area contributed by atoms with Gasteiger partial charge in [-0.3, -0.25) is 0 Å². The number of aromatic nitrogens is 1. The molecule has 1 saturated heterocycles. The lowest BCUT2D eigenvalue weighted by atomic mass is 10.00. The van der Waals surface area contributed by atoms with Gasteiger partial charge in [-0.15, -0.1) is 11.3 Å². The number of ether oxygens (including phenoxy) is 1. The maximum atomic E-state index is 5.87. The Balaban J connectivity index is 2.09. The largest absolute Gasteiger partial charge is 0.381 e. The lowest BCUT2D eigenvalue weighted by Crippen LogP contribution is -2.48. The number of nitrogens with zero attached hydrogens (tertiary/aromatic N) is 2. The van der Waals surface area contributed by atoms with Crippen molar-refractivity contribution in [3.63, 3.8) is 0 Å². The van der Waals surface area contributed by atoms with Crippen molar-refractivity contribution in [3.8, 4) is 0 Å². The molecular formula is C12H21N3OS. The van der Waals surface area contributed by atoms with Crippen molar-refractivity contribution in [1.29, 1.82) is 0 Å². The summed E-state index contributed by atoms with van der Waals surface area (Å²) in [6, 6.07) is 0.365. The fourth-order valence-corrected chi connectivity index (χ4v) is 3.30. The third-order valence-corrected chi connectivity index (χ3v) is 4.35. The van der Waals surface area contributed by atoms with Crippen LogP contribution in [0.25, 0.3) is 0 Å². The zero-order valence-electron chi connectivity index (χ0n) is 10.6. The molecule has 1 aromatic heterocycles. The molecule has 4 nitrogen and oxygen atoms in total. The molecule has 0 bridgehead atoms. The van der Waals surface area contributed by atoms with E-state index in [4.69, 9.17) is 10.5 Å². The van der Waals surface area contributed by atoms with Crippen LogP contribution in [0, 0.1) is 0 Å². The molecule has 1 aliphatic heterocycles. The number of piperidine rings is 1. The van der Waals surface area contributed by atoms with Crippen LogP contribution < -0.4 is 10.6 Å². The molecule has 17 heavy (non-hydrogen) atoms. The van der Waals surface area contributed by atoms with Gasteiger partial charge in [0, 0.05) is 31.6 Å². The van der Waals surface area contributed by atoms with Crippen molar-refractivity contribution in [2.75, 3.05) is 25.1 Å². The van der Waals surface area contributed by atoms with Crippen LogP contribution in [0.3, 0.4) is 0 Å². The first kappa shape index (κ1) is 12.8. The number of anilines is 1. The van der Waals surface area contributed by atoms with E-state index in [0.29, 0.717) is 18.7 Å². The van der Waals surface area contributed by atoms with Crippen molar-refractivity contribution in [3.05, 3.63) is 11.1 Å². The predicted octanol–water partition coefficient (Wildman–Crippen LogP) is 1.65. The van der Waals surface area contributed by atoms with Crippen LogP contribution in [-0.4, -0.2) is 37.3 Å². The molecule has 1 aliphatic rings. The van der Waals surface area contributed by atoms with Gasteiger partial charge in [0.25, 0.3) is 0 Å². The number of methoxy groups -OCH3 is 1. The van der Waals surface area contributed by atoms with Gasteiger partial charge in [0.05, 0.1) is 11.8 Å². The van der Waals surface area contributed by atoms with Gasteiger partial charge in [-0.25, -0.2) is 4.98 Å². The second kappa shape index (κ2) is 5.80. The molecule has 96 valence electrons. The van der Waals surface area contributed by atoms with Gasteiger partial charge >= 0.3 is 0 Å². The van der Waals surface area contributed by atoms with Crippen molar-refractivity contribution < 1.29 is 4.74 Å². The second-order valence-corrected chi connectivity index (χ2v) is 5.28. The first-order valence-corrected chi connectivity index (χ1v) is 7.10. The Morgan fingerprint density at radius 1 is 1.65 bits per heavy atom. The highest BCUT2D eigenvalue weighted by Crippen LogP contribution is 2.28. The second-order valence-electron chi connectivity index (χ2n) is 4.44. The fourth-order valence-electron chi connectivity index (χ4n) is 2.29. The minimum Gasteiger partial charge on any atom is -0.381 e. The predicted molar refractivity (Wildman–Crippen MR) is 71.7 cm³/mol. The van der Waals surface area contributed by atoms with E-state index in [1.807, 2.05) is 0 Å². The minimum atomic E-state index is 0.352. The van der Waals surface area contributed by atoms with E-state index >= 15 is 0 Å². The van der Waals surface area contributed by atoms with E-state index in [-0.39, 0.29) is 0 Å². The Bertz CT molecular complexity index is 355. The summed E-state index contributed by atoms with van der Waals surface area (Å²) < 4.78 is 5.43. The number of thiazole rings is 1. The molecular weight excluding hydrogens is 234 g/mol. The van der Waals surface area contributed by atoms with Gasteiger partial charge in [0.15, 0.2) is 5.13 Å². The maximum absolute atomic E-state index is 5.87. The molecule has 0 saturated carbocycles. The maximum Gasteiger partial charge on any atom is 0.185 e. The Morgan fingerprint density at radius 3 is 3.06 bits per heavy atom. The zero-order valence-corrected chi connectivity index (χ0v) is 11.4. The molecule has 2 atom stereocenters. The normalized spacial score (nSPS) is 25.2. The third-order valence-electron chi connectivity index (χ3n) is 3.42. The smallest absolute Gasteiger partial charge is 0.185 e. The average Bonchev–Trinajstić information content (AvgIpc) is 2.86. The van der Waals surface area contributed by atoms with E-state index < -0.39 is 0 Å². The molecule has 2 rings (SSSR count). The molecule has 0 amide bonds. The Hall–Kier alpha value is -0.650. The topological polar surface area (TPSA) is 51.4 Å². The summed E-state index contributed by atoms with van der Waals surface area (Å²) in [7, 11) is 1.78. The molecule has 0 spiro atoms. The molecule has 2 N–H and O–H groups in total. The van der Waals surface area contributed by atoms with Crippen LogP contribution in [0.5, 0.6) is 0 Å². The van der Waals surface area contributed by atoms with E-state index in [1.54, 1.807) is 18.4 Å². The first-order chi connectivity index (χ1) is 8.28. The molecule has 0 aliphatic carbocycles. The van der Waals surface area contributed by atoms with Gasteiger partial charge < -0.3 is 15.4 Å². The number of hydrogen-bond donors (Lipinski definition) is 1. The van der Waals surface area contributed by atoms with Crippen LogP contribution in [0.1, 0.15) is 25.5 Å². The summed E-state index contributed by atoms with van der Waals surface area (Å²) >= 11 is 1.73. The van der Waals surface area contributed by atoms with Gasteiger partial charge in [-0.05, 0) is 19.3 Å². The van der Waals surface area contributed by atoms with Crippen LogP contribution >= 0.6 is 11.3 Å². The van der Waals surface area contributed by atoms with Gasteiger partial charge in [0.1, 0.15) is 0 Å². The Kier molecular flexibility index (Phi) is 4.36. The van der Waals surface area contributed by atoms with Crippen molar-refractivity contribution in [2.45, 2.75) is 38.3 Å². The highest BCUT2D eigenvalue weighted by molar-refractivity contribution is 7.13. The molecule has 5 heteroatoms. The van der Waals surface area contributed by atoms with Gasteiger partial charge in [-0.1, -0.05) is 6.92 Å². The lowest BCUT2D eigenvalue weighted by Gasteiger charge is -2.38. The summed E-state index contributed by atoms with van der Waals surface area (Å²) in [5, 5.41) is 3.26. The van der Waals surface area contributed by atoms with E-state index in [2.05, 4.69) is 22.2 Å². The van der Waals surface area contributed by atoms with E-state index in [0.717, 1.165) is 30.9 Å². The van der Waals surface area contributed by atoms with Crippen molar-refractivity contribution in [1.82, 2.24) is 4.98 Å². The summed E-state index contributed by atoms with van der Waals surface area (Å²) in [5.41, 5.74) is 7.04. The fraction of sp³-hybridized carbons (Fsp3) is 0.750. The standard InChI is InChI=1S/C12H21N3OS/c1-3-9-8-17-12(14-9)15-5-4-11(16-2)6-10(15)7-13/h8,10-11H,3-7,13H2,1-2H3. The molecule has 2 heterocycles. The number of aryl methyl sites for hydroxylation is 1. The molecule has 2 unspecified atom stereocenters. The first-order valence-electron chi connectivity index (χ1n) is 6.22. The van der Waals surface area contributed by atoms with Crippen molar-refractivity contribution >= 4 is 16.5 Å². The highest BCUT2D eigenvalue weighted by Gasteiger charge is 2.29. The SMILES string of the molecule is CCc1csc(N2CCC(OC)CC2CN)n1. The highest BCUT2D eigenvalue weighted by atomic mass is 32.1. The summed E-state index contributed by atoms with van der Waals surface area (Å²) in [6.07, 6.45) is 3.42. The van der Waals surface area contributed by atoms with E-state index in [9.17, 15) is 0 Å². The van der Waals surface area contributed by atoms with Crippen LogP contribution in [-0.2, 0) is 11.2 Å². The van der Waals surface area contributed by atoms with Crippen LogP contribution in [0.4, 0.5) is 5.13 Å². The minimum absolute atomic E-state index is 0.352. The van der Waals surface area contributed by atoms with Crippen LogP contribution in [0.2, 0.25) is 0 Å². The summed E-state index contributed by atoms with van der Waals surface area (Å²) in [5.74, 6) is 0. The van der Waals surface area contributed by atoms with Crippen molar-refractivity contribution in [2.24, 2.45) is 5.73 Å². The average molecular weight is 255 g/mol. The monoisotopic (exact) mass is 255 g/mol. The number of hydrogen-bond acceptors (Lipinski definition) is 5. The molecule has 1 aromatic rings. The Morgan fingerprint density at radius 2 is 2.47 bits per heavy atom. The molecule has 0 radical (unpaired) electrons. The lowest BCUT2D eigenvalue weighted by molar-refractivity contribution is 0.0709. The molecule has 0 aromatic carbocycles. The van der Waals surface area contributed by atoms with Gasteiger partial charge in [-0.2, -0.15) is 0 Å². The zero-order chi connectivity index (χ0) is 12.3. The quantitative estimate of drug-likeness (QED) is 0.889. The number of nitrogens with two attached hydrogens (primary N) is 1. The summed E-state index contributed by atoms with van der Waals surface area (Å²) in [4.78, 5) is 7.00. The molecule has 1 fully saturated rings. The van der Waals surface area contributed by atoms with Crippen LogP contribution in [0.15, 0.2) is 5.38 Å². The number of rotatable bonds is 4.